The van der Waals surface area contributed by atoms with E-state index in [1.807, 2.05) is 24.2 Å². The molecule has 3 rings (SSSR count). The van der Waals surface area contributed by atoms with E-state index in [1.165, 1.54) is 37.7 Å². The zero-order valence-corrected chi connectivity index (χ0v) is 14.8. The topological polar surface area (TPSA) is 48.5 Å². The maximum absolute atomic E-state index is 12.7. The van der Waals surface area contributed by atoms with Crippen LogP contribution in [-0.2, 0) is 4.79 Å². The first kappa shape index (κ1) is 17.4. The van der Waals surface area contributed by atoms with E-state index in [1.54, 1.807) is 6.20 Å². The Balaban J connectivity index is 1.57. The van der Waals surface area contributed by atoms with Crippen LogP contribution in [0.2, 0.25) is 0 Å². The smallest absolute Gasteiger partial charge is 0.236 e. The molecule has 2 aliphatic rings. The molecule has 1 aromatic heterocycles. The largest absolute Gasteiger partial charge is 0.344 e. The fraction of sp³-hybridized carbons (Fsp3) is 0.684. The van der Waals surface area contributed by atoms with E-state index >= 15 is 0 Å². The monoisotopic (exact) mass is 330 g/mol. The van der Waals surface area contributed by atoms with Crippen LogP contribution in [0.3, 0.4) is 0 Å². The van der Waals surface area contributed by atoms with E-state index in [4.69, 9.17) is 0 Å². The first-order valence-corrected chi connectivity index (χ1v) is 9.32. The van der Waals surface area contributed by atoms with Crippen LogP contribution < -0.4 is 5.32 Å². The number of rotatable bonds is 5. The van der Waals surface area contributed by atoms with Crippen molar-refractivity contribution in [2.45, 2.75) is 38.1 Å². The lowest BCUT2D eigenvalue weighted by Gasteiger charge is -2.37. The molecule has 0 radical (unpaired) electrons. The molecule has 1 saturated carbocycles. The number of hydrogen-bond donors (Lipinski definition) is 1. The molecule has 1 amide bonds. The Morgan fingerprint density at radius 2 is 2.21 bits per heavy atom. The van der Waals surface area contributed by atoms with Gasteiger partial charge in [0.05, 0.1) is 6.54 Å². The second kappa shape index (κ2) is 8.58. The van der Waals surface area contributed by atoms with Gasteiger partial charge >= 0.3 is 0 Å². The van der Waals surface area contributed by atoms with Crippen molar-refractivity contribution < 1.29 is 4.79 Å². The van der Waals surface area contributed by atoms with Crippen LogP contribution in [0, 0.1) is 5.92 Å². The summed E-state index contributed by atoms with van der Waals surface area (Å²) in [5, 5.41) is 3.44. The van der Waals surface area contributed by atoms with Crippen molar-refractivity contribution in [3.8, 4) is 0 Å². The molecule has 1 unspecified atom stereocenters. The fourth-order valence-electron chi connectivity index (χ4n) is 3.99. The lowest BCUT2D eigenvalue weighted by Crippen LogP contribution is -2.50. The third-order valence-electron chi connectivity index (χ3n) is 5.44. The summed E-state index contributed by atoms with van der Waals surface area (Å²) in [5.74, 6) is 0.946. The summed E-state index contributed by atoms with van der Waals surface area (Å²) in [6.07, 6.45) is 10.3. The van der Waals surface area contributed by atoms with Crippen LogP contribution in [0.4, 0.5) is 0 Å². The van der Waals surface area contributed by atoms with Crippen molar-refractivity contribution in [1.29, 1.82) is 0 Å². The predicted molar refractivity (Wildman–Crippen MR) is 95.6 cm³/mol. The third kappa shape index (κ3) is 4.54. The van der Waals surface area contributed by atoms with Gasteiger partial charge in [0.2, 0.25) is 5.91 Å². The van der Waals surface area contributed by atoms with Gasteiger partial charge in [0, 0.05) is 51.7 Å². The first-order chi connectivity index (χ1) is 11.7. The second-order valence-corrected chi connectivity index (χ2v) is 7.26. The summed E-state index contributed by atoms with van der Waals surface area (Å²) in [5.41, 5.74) is 1.19. The average Bonchev–Trinajstić information content (AvgIpc) is 2.63. The molecule has 24 heavy (non-hydrogen) atoms. The van der Waals surface area contributed by atoms with Crippen molar-refractivity contribution in [3.05, 3.63) is 30.1 Å². The van der Waals surface area contributed by atoms with E-state index in [0.29, 0.717) is 12.5 Å². The summed E-state index contributed by atoms with van der Waals surface area (Å²) >= 11 is 0. The minimum absolute atomic E-state index is 0.236. The molecule has 1 aliphatic carbocycles. The number of aromatic nitrogens is 1. The van der Waals surface area contributed by atoms with Gasteiger partial charge < -0.3 is 10.2 Å². The highest BCUT2D eigenvalue weighted by Gasteiger charge is 2.27. The average molecular weight is 330 g/mol. The maximum atomic E-state index is 12.7. The summed E-state index contributed by atoms with van der Waals surface area (Å²) < 4.78 is 0. The van der Waals surface area contributed by atoms with E-state index in [0.717, 1.165) is 26.2 Å². The summed E-state index contributed by atoms with van der Waals surface area (Å²) in [4.78, 5) is 21.2. The van der Waals surface area contributed by atoms with Gasteiger partial charge in [-0.15, -0.1) is 0 Å². The Bertz CT molecular complexity index is 515. The number of nitrogens with zero attached hydrogens (tertiary/aromatic N) is 3. The Kier molecular flexibility index (Phi) is 6.21. The van der Waals surface area contributed by atoms with Gasteiger partial charge in [-0.25, -0.2) is 0 Å². The number of likely N-dealkylation sites (N-methyl/N-ethyl adjacent to an activating group) is 1. The van der Waals surface area contributed by atoms with Crippen molar-refractivity contribution in [2.24, 2.45) is 5.92 Å². The maximum Gasteiger partial charge on any atom is 0.236 e. The van der Waals surface area contributed by atoms with Crippen molar-refractivity contribution in [2.75, 3.05) is 39.8 Å². The molecule has 132 valence electrons. The van der Waals surface area contributed by atoms with Gasteiger partial charge in [0.15, 0.2) is 0 Å². The molecule has 1 aliphatic heterocycles. The normalized spacial score (nSPS) is 23.1. The quantitative estimate of drug-likeness (QED) is 0.898. The molecule has 1 saturated heterocycles. The highest BCUT2D eigenvalue weighted by Crippen LogP contribution is 2.25. The van der Waals surface area contributed by atoms with Crippen LogP contribution in [0.1, 0.15) is 43.7 Å². The molecule has 2 fully saturated rings. The second-order valence-electron chi connectivity index (χ2n) is 7.26. The Labute approximate surface area is 145 Å². The molecule has 2 heterocycles. The van der Waals surface area contributed by atoms with Gasteiger partial charge in [0.1, 0.15) is 0 Å². The Hall–Kier alpha value is -1.46. The fourth-order valence-corrected chi connectivity index (χ4v) is 3.99. The highest BCUT2D eigenvalue weighted by atomic mass is 16.2. The van der Waals surface area contributed by atoms with Gasteiger partial charge in [0.25, 0.3) is 0 Å². The molecule has 0 aromatic carbocycles. The summed E-state index contributed by atoms with van der Waals surface area (Å²) in [7, 11) is 1.97. The number of carbonyl (C=O) groups is 1. The molecular formula is C19H30N4O. The van der Waals surface area contributed by atoms with Crippen molar-refractivity contribution in [1.82, 2.24) is 20.1 Å². The number of amides is 1. The van der Waals surface area contributed by atoms with Crippen LogP contribution in [0.5, 0.6) is 0 Å². The lowest BCUT2D eigenvalue weighted by atomic mass is 9.89. The van der Waals surface area contributed by atoms with Gasteiger partial charge in [-0.2, -0.15) is 0 Å². The highest BCUT2D eigenvalue weighted by molar-refractivity contribution is 5.78. The van der Waals surface area contributed by atoms with E-state index in [2.05, 4.69) is 21.3 Å². The molecule has 0 spiro atoms. The van der Waals surface area contributed by atoms with E-state index in [9.17, 15) is 4.79 Å². The molecular weight excluding hydrogens is 300 g/mol. The van der Waals surface area contributed by atoms with Gasteiger partial charge in [-0.05, 0) is 30.4 Å². The number of hydrogen-bond acceptors (Lipinski definition) is 4. The summed E-state index contributed by atoms with van der Waals surface area (Å²) in [6.45, 7) is 4.15. The van der Waals surface area contributed by atoms with Crippen molar-refractivity contribution >= 4 is 5.91 Å². The molecule has 1 atom stereocenters. The first-order valence-electron chi connectivity index (χ1n) is 9.32. The molecule has 0 bridgehead atoms. The standard InChI is InChI=1S/C19H30N4O/c1-22(14-16-6-3-2-4-7-16)19(24)15-23-11-10-21-13-18(23)17-8-5-9-20-12-17/h5,8-9,12,16,18,21H,2-4,6-7,10-11,13-15H2,1H3. The zero-order valence-electron chi connectivity index (χ0n) is 14.8. The van der Waals surface area contributed by atoms with E-state index < -0.39 is 0 Å². The SMILES string of the molecule is CN(CC1CCCCC1)C(=O)CN1CCNCC1c1cccnc1. The Morgan fingerprint density at radius 3 is 2.96 bits per heavy atom. The van der Waals surface area contributed by atoms with Crippen LogP contribution >= 0.6 is 0 Å². The van der Waals surface area contributed by atoms with Crippen LogP contribution in [0.15, 0.2) is 24.5 Å². The Morgan fingerprint density at radius 1 is 1.38 bits per heavy atom. The zero-order chi connectivity index (χ0) is 16.8. The molecule has 5 heteroatoms. The lowest BCUT2D eigenvalue weighted by molar-refractivity contribution is -0.132. The minimum atomic E-state index is 0.236. The van der Waals surface area contributed by atoms with Gasteiger partial charge in [-0.1, -0.05) is 25.3 Å². The minimum Gasteiger partial charge on any atom is -0.344 e. The molecule has 5 nitrogen and oxygen atoms in total. The van der Waals surface area contributed by atoms with E-state index in [-0.39, 0.29) is 11.9 Å². The number of carbonyl (C=O) groups excluding carboxylic acids is 1. The molecule has 1 N–H and O–H groups in total. The van der Waals surface area contributed by atoms with Crippen molar-refractivity contribution in [3.63, 3.8) is 0 Å². The predicted octanol–water partition coefficient (Wildman–Crippen LogP) is 2.07. The number of nitrogens with one attached hydrogen (secondary N) is 1. The molecule has 1 aromatic rings. The van der Waals surface area contributed by atoms with Crippen LogP contribution in [0.25, 0.3) is 0 Å². The van der Waals surface area contributed by atoms with Gasteiger partial charge in [-0.3, -0.25) is 14.7 Å². The number of pyridine rings is 1. The third-order valence-corrected chi connectivity index (χ3v) is 5.44. The summed E-state index contributed by atoms with van der Waals surface area (Å²) in [6, 6.07) is 4.31. The van der Waals surface area contributed by atoms with Crippen LogP contribution in [-0.4, -0.2) is 60.5 Å². The number of piperazine rings is 1.